The maximum Gasteiger partial charge on any atom is 0.227 e. The van der Waals surface area contributed by atoms with Gasteiger partial charge in [-0.3, -0.25) is 9.69 Å². The summed E-state index contributed by atoms with van der Waals surface area (Å²) in [7, 11) is 2.04. The zero-order valence-corrected chi connectivity index (χ0v) is 17.9. The molecule has 1 amide bonds. The second-order valence-electron chi connectivity index (χ2n) is 7.95. The highest BCUT2D eigenvalue weighted by molar-refractivity contribution is 7.17. The number of fused-ring (bicyclic) bond motifs is 1. The van der Waals surface area contributed by atoms with Crippen LogP contribution in [0.1, 0.15) is 50.5 Å². The van der Waals surface area contributed by atoms with E-state index in [-0.39, 0.29) is 18.3 Å². The molecule has 2 aliphatic rings. The van der Waals surface area contributed by atoms with E-state index >= 15 is 0 Å². The molecule has 0 spiro atoms. The second-order valence-corrected chi connectivity index (χ2v) is 8.89. The predicted molar refractivity (Wildman–Crippen MR) is 117 cm³/mol. The monoisotopic (exact) mass is 406 g/mol. The number of piperidine rings is 1. The summed E-state index contributed by atoms with van der Waals surface area (Å²) in [5, 5.41) is 3.37. The number of halogens is 1. The van der Waals surface area contributed by atoms with E-state index in [1.165, 1.54) is 67.3 Å². The first-order valence-electron chi connectivity index (χ1n) is 10.2. The molecule has 1 saturated carbocycles. The summed E-state index contributed by atoms with van der Waals surface area (Å²) in [5.74, 6) is 0.276. The van der Waals surface area contributed by atoms with Gasteiger partial charge in [0, 0.05) is 23.8 Å². The Bertz CT molecular complexity index is 756. The van der Waals surface area contributed by atoms with Gasteiger partial charge in [-0.25, -0.2) is 0 Å². The molecule has 1 aromatic heterocycles. The van der Waals surface area contributed by atoms with Gasteiger partial charge in [0.2, 0.25) is 5.91 Å². The van der Waals surface area contributed by atoms with Gasteiger partial charge >= 0.3 is 0 Å². The van der Waals surface area contributed by atoms with Gasteiger partial charge in [-0.2, -0.15) is 0 Å². The Balaban J connectivity index is 0.00000210. The van der Waals surface area contributed by atoms with Crippen LogP contribution in [0.25, 0.3) is 10.1 Å². The fourth-order valence-electron chi connectivity index (χ4n) is 4.90. The molecule has 1 aliphatic carbocycles. The summed E-state index contributed by atoms with van der Waals surface area (Å²) in [6.07, 6.45) is 9.51. The largest absolute Gasteiger partial charge is 0.341 e. The van der Waals surface area contributed by atoms with Crippen LogP contribution in [0.5, 0.6) is 0 Å². The quantitative estimate of drug-likeness (QED) is 0.703. The first-order valence-corrected chi connectivity index (χ1v) is 11.1. The minimum absolute atomic E-state index is 0. The maximum absolute atomic E-state index is 13.1. The molecular weight excluding hydrogens is 376 g/mol. The van der Waals surface area contributed by atoms with Crippen molar-refractivity contribution in [2.45, 2.75) is 63.5 Å². The highest BCUT2D eigenvalue weighted by Gasteiger charge is 2.34. The number of benzene rings is 1. The van der Waals surface area contributed by atoms with E-state index in [2.05, 4.69) is 39.4 Å². The summed E-state index contributed by atoms with van der Waals surface area (Å²) < 4.78 is 1.28. The van der Waals surface area contributed by atoms with Crippen molar-refractivity contribution in [3.8, 4) is 0 Å². The molecule has 4 rings (SSSR count). The number of rotatable bonds is 4. The molecule has 0 radical (unpaired) electrons. The zero-order chi connectivity index (χ0) is 17.9. The number of nitrogens with zero attached hydrogens (tertiary/aromatic N) is 2. The van der Waals surface area contributed by atoms with E-state index in [4.69, 9.17) is 0 Å². The second kappa shape index (κ2) is 9.40. The number of thiophene rings is 1. The van der Waals surface area contributed by atoms with E-state index < -0.39 is 0 Å². The Morgan fingerprint density at radius 3 is 2.70 bits per heavy atom. The third-order valence-corrected chi connectivity index (χ3v) is 7.25. The van der Waals surface area contributed by atoms with Gasteiger partial charge < -0.3 is 4.90 Å². The molecule has 0 unspecified atom stereocenters. The van der Waals surface area contributed by atoms with Crippen molar-refractivity contribution < 1.29 is 4.79 Å². The molecule has 1 aromatic carbocycles. The average molecular weight is 407 g/mol. The summed E-state index contributed by atoms with van der Waals surface area (Å²) in [6.45, 7) is 2.44. The normalized spacial score (nSPS) is 23.7. The number of carbonyl (C=O) groups excluding carboxylic acids is 1. The molecule has 2 atom stereocenters. The van der Waals surface area contributed by atoms with Crippen molar-refractivity contribution in [3.63, 3.8) is 0 Å². The SMILES string of the molecule is CN(C(=O)Cc1cccc2sccc12)[C@@H]1CCCC[C@H]1N1CCCCC1.Cl. The smallest absolute Gasteiger partial charge is 0.227 e. The van der Waals surface area contributed by atoms with Crippen molar-refractivity contribution in [2.75, 3.05) is 20.1 Å². The average Bonchev–Trinajstić information content (AvgIpc) is 3.18. The first-order chi connectivity index (χ1) is 12.7. The third-order valence-electron chi connectivity index (χ3n) is 6.37. The maximum atomic E-state index is 13.1. The van der Waals surface area contributed by atoms with Crippen LogP contribution < -0.4 is 0 Å². The predicted octanol–water partition coefficient (Wildman–Crippen LogP) is 5.12. The fraction of sp³-hybridized carbons (Fsp3) is 0.591. The number of amides is 1. The van der Waals surface area contributed by atoms with Gasteiger partial charge in [0.15, 0.2) is 0 Å². The lowest BCUT2D eigenvalue weighted by atomic mass is 9.87. The molecule has 148 valence electrons. The number of likely N-dealkylation sites (N-methyl/N-ethyl adjacent to an activating group) is 1. The molecular formula is C22H31ClN2OS. The summed E-state index contributed by atoms with van der Waals surface area (Å²) in [4.78, 5) is 17.9. The van der Waals surface area contributed by atoms with Gasteiger partial charge in [0.1, 0.15) is 0 Å². The Morgan fingerprint density at radius 1 is 1.11 bits per heavy atom. The van der Waals surface area contributed by atoms with Crippen molar-refractivity contribution in [2.24, 2.45) is 0 Å². The van der Waals surface area contributed by atoms with Gasteiger partial charge in [-0.05, 0) is 67.2 Å². The molecule has 5 heteroatoms. The van der Waals surface area contributed by atoms with Gasteiger partial charge in [0.25, 0.3) is 0 Å². The number of likely N-dealkylation sites (tertiary alicyclic amines) is 1. The van der Waals surface area contributed by atoms with Crippen LogP contribution in [0.15, 0.2) is 29.6 Å². The van der Waals surface area contributed by atoms with Crippen LogP contribution >= 0.6 is 23.7 Å². The molecule has 0 bridgehead atoms. The minimum Gasteiger partial charge on any atom is -0.341 e. The lowest BCUT2D eigenvalue weighted by Crippen LogP contribution is -2.55. The molecule has 1 aliphatic heterocycles. The van der Waals surface area contributed by atoms with Gasteiger partial charge in [0.05, 0.1) is 6.42 Å². The van der Waals surface area contributed by atoms with E-state index in [0.717, 1.165) is 6.42 Å². The van der Waals surface area contributed by atoms with E-state index in [9.17, 15) is 4.79 Å². The first kappa shape index (κ1) is 20.6. The molecule has 0 N–H and O–H groups in total. The Kier molecular flexibility index (Phi) is 7.18. The molecule has 27 heavy (non-hydrogen) atoms. The van der Waals surface area contributed by atoms with Crippen LogP contribution in [0.2, 0.25) is 0 Å². The Hall–Kier alpha value is -1.10. The van der Waals surface area contributed by atoms with E-state index in [1.54, 1.807) is 11.3 Å². The summed E-state index contributed by atoms with van der Waals surface area (Å²) in [5.41, 5.74) is 1.17. The fourth-order valence-corrected chi connectivity index (χ4v) is 5.74. The topological polar surface area (TPSA) is 23.6 Å². The minimum atomic E-state index is 0. The van der Waals surface area contributed by atoms with Crippen molar-refractivity contribution in [1.29, 1.82) is 0 Å². The molecule has 1 saturated heterocycles. The van der Waals surface area contributed by atoms with Crippen LogP contribution in [-0.4, -0.2) is 47.9 Å². The summed E-state index contributed by atoms with van der Waals surface area (Å²) in [6, 6.07) is 9.44. The van der Waals surface area contributed by atoms with E-state index in [0.29, 0.717) is 18.5 Å². The highest BCUT2D eigenvalue weighted by Crippen LogP contribution is 2.30. The number of hydrogen-bond donors (Lipinski definition) is 0. The standard InChI is InChI=1S/C22H30N2OS.ClH/c1-23(19-9-3-4-10-20(19)24-13-5-2-6-14-24)22(25)16-17-8-7-11-21-18(17)12-15-26-21;/h7-8,11-12,15,19-20H,2-6,9-10,13-14,16H2,1H3;1H/t19-,20-;/m1./s1. The number of hydrogen-bond acceptors (Lipinski definition) is 3. The van der Waals surface area contributed by atoms with Crippen LogP contribution in [0.3, 0.4) is 0 Å². The molecule has 2 fully saturated rings. The lowest BCUT2D eigenvalue weighted by Gasteiger charge is -2.45. The van der Waals surface area contributed by atoms with Crippen LogP contribution in [0.4, 0.5) is 0 Å². The third kappa shape index (κ3) is 4.49. The summed E-state index contributed by atoms with van der Waals surface area (Å²) >= 11 is 1.75. The lowest BCUT2D eigenvalue weighted by molar-refractivity contribution is -0.133. The van der Waals surface area contributed by atoms with Gasteiger partial charge in [-0.15, -0.1) is 23.7 Å². The molecule has 2 heterocycles. The van der Waals surface area contributed by atoms with Gasteiger partial charge in [-0.1, -0.05) is 31.4 Å². The number of carbonyl (C=O) groups is 1. The van der Waals surface area contributed by atoms with Crippen LogP contribution in [0, 0.1) is 0 Å². The zero-order valence-electron chi connectivity index (χ0n) is 16.2. The van der Waals surface area contributed by atoms with Crippen molar-refractivity contribution in [1.82, 2.24) is 9.80 Å². The van der Waals surface area contributed by atoms with Crippen molar-refractivity contribution >= 4 is 39.7 Å². The van der Waals surface area contributed by atoms with E-state index in [1.807, 2.05) is 7.05 Å². The molecule has 2 aromatic rings. The van der Waals surface area contributed by atoms with Crippen molar-refractivity contribution in [3.05, 3.63) is 35.2 Å². The Morgan fingerprint density at radius 2 is 1.89 bits per heavy atom. The Labute approximate surface area is 173 Å². The highest BCUT2D eigenvalue weighted by atomic mass is 35.5. The van der Waals surface area contributed by atoms with Crippen LogP contribution in [-0.2, 0) is 11.2 Å². The molecule has 3 nitrogen and oxygen atoms in total.